The van der Waals surface area contributed by atoms with Gasteiger partial charge in [-0.2, -0.15) is 0 Å². The summed E-state index contributed by atoms with van der Waals surface area (Å²) in [5, 5.41) is 4.22. The molecule has 0 aliphatic rings. The van der Waals surface area contributed by atoms with E-state index in [1.807, 2.05) is 48.5 Å². The molecule has 0 bridgehead atoms. The molecule has 5 nitrogen and oxygen atoms in total. The highest BCUT2D eigenvalue weighted by Crippen LogP contribution is 2.33. The number of hydrogen-bond acceptors (Lipinski definition) is 5. The van der Waals surface area contributed by atoms with E-state index in [1.54, 1.807) is 14.2 Å². The van der Waals surface area contributed by atoms with Crippen molar-refractivity contribution >= 4 is 28.1 Å². The minimum absolute atomic E-state index is 0.573. The number of anilines is 3. The number of hydrogen-bond donors (Lipinski definition) is 2. The van der Waals surface area contributed by atoms with E-state index in [2.05, 4.69) is 10.3 Å². The number of fused-ring (bicyclic) bond motifs is 1. The highest BCUT2D eigenvalue weighted by Gasteiger charge is 2.09. The fourth-order valence-electron chi connectivity index (χ4n) is 2.27. The summed E-state index contributed by atoms with van der Waals surface area (Å²) in [6.45, 7) is 0. The molecule has 0 fully saturated rings. The van der Waals surface area contributed by atoms with Crippen LogP contribution in [0.5, 0.6) is 11.5 Å². The Bertz CT molecular complexity index is 818. The summed E-state index contributed by atoms with van der Waals surface area (Å²) in [5.41, 5.74) is 8.29. The minimum Gasteiger partial charge on any atom is -0.497 e. The average Bonchev–Trinajstić information content (AvgIpc) is 2.55. The lowest BCUT2D eigenvalue weighted by Crippen LogP contribution is -2.01. The van der Waals surface area contributed by atoms with Gasteiger partial charge in [0.2, 0.25) is 0 Å². The van der Waals surface area contributed by atoms with Crippen LogP contribution in [-0.4, -0.2) is 19.2 Å². The van der Waals surface area contributed by atoms with E-state index < -0.39 is 0 Å². The molecular formula is C17H17N3O2. The lowest BCUT2D eigenvalue weighted by atomic mass is 10.2. The maximum absolute atomic E-state index is 6.10. The van der Waals surface area contributed by atoms with E-state index in [9.17, 15) is 0 Å². The third-order valence-electron chi connectivity index (χ3n) is 3.41. The van der Waals surface area contributed by atoms with E-state index in [-0.39, 0.29) is 0 Å². The van der Waals surface area contributed by atoms with Crippen molar-refractivity contribution in [1.82, 2.24) is 4.98 Å². The number of pyridine rings is 1. The Hall–Kier alpha value is -2.95. The minimum atomic E-state index is 0.573. The Morgan fingerprint density at radius 2 is 1.82 bits per heavy atom. The zero-order chi connectivity index (χ0) is 15.5. The summed E-state index contributed by atoms with van der Waals surface area (Å²) in [7, 11) is 3.23. The molecule has 2 aromatic carbocycles. The number of nitrogens with zero attached hydrogens (tertiary/aromatic N) is 1. The van der Waals surface area contributed by atoms with Crippen LogP contribution in [-0.2, 0) is 0 Å². The number of para-hydroxylation sites is 1. The van der Waals surface area contributed by atoms with Gasteiger partial charge in [-0.15, -0.1) is 0 Å². The predicted octanol–water partition coefficient (Wildman–Crippen LogP) is 3.58. The zero-order valence-electron chi connectivity index (χ0n) is 12.5. The molecule has 0 spiro atoms. The second-order valence-corrected chi connectivity index (χ2v) is 4.81. The first kappa shape index (κ1) is 14.0. The molecule has 0 unspecified atom stereocenters. The third-order valence-corrected chi connectivity index (χ3v) is 3.41. The first-order valence-electron chi connectivity index (χ1n) is 6.85. The van der Waals surface area contributed by atoms with Gasteiger partial charge < -0.3 is 20.5 Å². The summed E-state index contributed by atoms with van der Waals surface area (Å²) < 4.78 is 10.6. The lowest BCUT2D eigenvalue weighted by Gasteiger charge is -2.14. The van der Waals surface area contributed by atoms with Gasteiger partial charge >= 0.3 is 0 Å². The van der Waals surface area contributed by atoms with Gasteiger partial charge in [0.05, 0.1) is 31.1 Å². The summed E-state index contributed by atoms with van der Waals surface area (Å²) >= 11 is 0. The van der Waals surface area contributed by atoms with Crippen LogP contribution in [0.4, 0.5) is 17.2 Å². The first-order valence-corrected chi connectivity index (χ1v) is 6.85. The molecule has 0 saturated heterocycles. The number of rotatable bonds is 4. The van der Waals surface area contributed by atoms with Crippen molar-refractivity contribution in [3.63, 3.8) is 0 Å². The molecule has 0 saturated carbocycles. The van der Waals surface area contributed by atoms with Crippen molar-refractivity contribution in [2.24, 2.45) is 0 Å². The molecule has 1 aromatic heterocycles. The van der Waals surface area contributed by atoms with Crippen molar-refractivity contribution in [2.75, 3.05) is 25.3 Å². The largest absolute Gasteiger partial charge is 0.497 e. The van der Waals surface area contributed by atoms with Crippen molar-refractivity contribution in [2.45, 2.75) is 0 Å². The number of benzene rings is 2. The van der Waals surface area contributed by atoms with Gasteiger partial charge in [0, 0.05) is 11.5 Å². The van der Waals surface area contributed by atoms with Crippen molar-refractivity contribution in [3.05, 3.63) is 48.5 Å². The Balaban J connectivity index is 2.04. The van der Waals surface area contributed by atoms with E-state index in [4.69, 9.17) is 15.2 Å². The van der Waals surface area contributed by atoms with Crippen LogP contribution in [0, 0.1) is 0 Å². The molecule has 1 heterocycles. The van der Waals surface area contributed by atoms with Crippen LogP contribution in [0.15, 0.2) is 48.5 Å². The molecule has 0 atom stereocenters. The number of ether oxygens (including phenoxy) is 2. The highest BCUT2D eigenvalue weighted by molar-refractivity contribution is 5.87. The molecule has 3 N–H and O–H groups in total. The predicted molar refractivity (Wildman–Crippen MR) is 89.0 cm³/mol. The molecule has 22 heavy (non-hydrogen) atoms. The van der Waals surface area contributed by atoms with Gasteiger partial charge in [0.1, 0.15) is 11.5 Å². The summed E-state index contributed by atoms with van der Waals surface area (Å²) in [4.78, 5) is 4.57. The van der Waals surface area contributed by atoms with Gasteiger partial charge in [0.25, 0.3) is 0 Å². The Kier molecular flexibility index (Phi) is 3.70. The van der Waals surface area contributed by atoms with E-state index in [0.717, 1.165) is 22.3 Å². The Labute approximate surface area is 128 Å². The fourth-order valence-corrected chi connectivity index (χ4v) is 2.27. The van der Waals surface area contributed by atoms with Crippen molar-refractivity contribution in [1.29, 1.82) is 0 Å². The number of aromatic nitrogens is 1. The zero-order valence-corrected chi connectivity index (χ0v) is 12.5. The quantitative estimate of drug-likeness (QED) is 0.770. The second kappa shape index (κ2) is 5.81. The Morgan fingerprint density at radius 1 is 1.00 bits per heavy atom. The normalized spacial score (nSPS) is 10.5. The molecule has 0 aliphatic heterocycles. The first-order chi connectivity index (χ1) is 10.7. The van der Waals surface area contributed by atoms with E-state index in [0.29, 0.717) is 17.3 Å². The van der Waals surface area contributed by atoms with Gasteiger partial charge in [-0.05, 0) is 24.3 Å². The maximum atomic E-state index is 6.10. The van der Waals surface area contributed by atoms with Crippen molar-refractivity contribution < 1.29 is 9.47 Å². The summed E-state index contributed by atoms with van der Waals surface area (Å²) in [6.07, 6.45) is 0. The van der Waals surface area contributed by atoms with Crippen LogP contribution in [0.1, 0.15) is 0 Å². The van der Waals surface area contributed by atoms with Crippen LogP contribution in [0.2, 0.25) is 0 Å². The van der Waals surface area contributed by atoms with Crippen LogP contribution >= 0.6 is 0 Å². The molecule has 112 valence electrons. The number of methoxy groups -OCH3 is 2. The van der Waals surface area contributed by atoms with Gasteiger partial charge in [-0.25, -0.2) is 4.98 Å². The smallest absolute Gasteiger partial charge is 0.154 e. The SMILES string of the molecule is COc1ccc(OC)c(Nc2nc3ccccc3cc2N)c1. The third kappa shape index (κ3) is 2.61. The van der Waals surface area contributed by atoms with E-state index in [1.165, 1.54) is 0 Å². The molecule has 0 radical (unpaired) electrons. The molecule has 0 aliphatic carbocycles. The highest BCUT2D eigenvalue weighted by atomic mass is 16.5. The standard InChI is InChI=1S/C17H17N3O2/c1-21-12-7-8-16(22-2)15(10-12)20-17-13(18)9-11-5-3-4-6-14(11)19-17/h3-10H,18H2,1-2H3,(H,19,20). The summed E-state index contributed by atoms with van der Waals surface area (Å²) in [6, 6.07) is 15.2. The second-order valence-electron chi connectivity index (χ2n) is 4.81. The Morgan fingerprint density at radius 3 is 2.59 bits per heavy atom. The monoisotopic (exact) mass is 295 g/mol. The van der Waals surface area contributed by atoms with Gasteiger partial charge in [-0.3, -0.25) is 0 Å². The van der Waals surface area contributed by atoms with Gasteiger partial charge in [0.15, 0.2) is 5.82 Å². The topological polar surface area (TPSA) is 69.4 Å². The maximum Gasteiger partial charge on any atom is 0.154 e. The fraction of sp³-hybridized carbons (Fsp3) is 0.118. The molecule has 0 amide bonds. The van der Waals surface area contributed by atoms with Crippen LogP contribution in [0.3, 0.4) is 0 Å². The summed E-state index contributed by atoms with van der Waals surface area (Å²) in [5.74, 6) is 2.00. The van der Waals surface area contributed by atoms with E-state index >= 15 is 0 Å². The number of nitrogens with two attached hydrogens (primary N) is 1. The number of nitrogens with one attached hydrogen (secondary N) is 1. The molecule has 3 rings (SSSR count). The molecule has 3 aromatic rings. The molecular weight excluding hydrogens is 278 g/mol. The van der Waals surface area contributed by atoms with Crippen LogP contribution < -0.4 is 20.5 Å². The van der Waals surface area contributed by atoms with Crippen LogP contribution in [0.25, 0.3) is 10.9 Å². The molecule has 5 heteroatoms. The van der Waals surface area contributed by atoms with Crippen molar-refractivity contribution in [3.8, 4) is 11.5 Å². The lowest BCUT2D eigenvalue weighted by molar-refractivity contribution is 0.405. The number of nitrogen functional groups attached to an aromatic ring is 1. The average molecular weight is 295 g/mol. The van der Waals surface area contributed by atoms with Gasteiger partial charge in [-0.1, -0.05) is 18.2 Å².